The molecule has 0 fully saturated rings. The molecular formula is C21H23ClN7O2S-. The second kappa shape index (κ2) is 10.2. The van der Waals surface area contributed by atoms with E-state index in [1.165, 1.54) is 17.4 Å². The smallest absolute Gasteiger partial charge is 0.229 e. The number of likely N-dealkylation sites (N-methyl/N-ethyl adjacent to an activating group) is 1. The summed E-state index contributed by atoms with van der Waals surface area (Å²) in [6, 6.07) is 13.5. The molecule has 0 saturated carbocycles. The fraction of sp³-hybridized carbons (Fsp3) is 0.238. The average molecular weight is 473 g/mol. The van der Waals surface area contributed by atoms with Crippen molar-refractivity contribution in [2.24, 2.45) is 0 Å². The lowest BCUT2D eigenvalue weighted by atomic mass is 10.1. The van der Waals surface area contributed by atoms with Crippen LogP contribution in [0.25, 0.3) is 0 Å². The molecule has 32 heavy (non-hydrogen) atoms. The Balaban J connectivity index is 1.54. The molecule has 0 spiro atoms. The Morgan fingerprint density at radius 2 is 2.09 bits per heavy atom. The van der Waals surface area contributed by atoms with Crippen molar-refractivity contribution >= 4 is 51.7 Å². The van der Waals surface area contributed by atoms with Gasteiger partial charge in [0.2, 0.25) is 5.95 Å². The van der Waals surface area contributed by atoms with Crippen molar-refractivity contribution in [3.63, 3.8) is 0 Å². The van der Waals surface area contributed by atoms with Crippen molar-refractivity contribution in [2.45, 2.75) is 13.1 Å². The Morgan fingerprint density at radius 1 is 1.25 bits per heavy atom. The maximum absolute atomic E-state index is 10.9. The fourth-order valence-corrected chi connectivity index (χ4v) is 3.88. The van der Waals surface area contributed by atoms with Crippen LogP contribution < -0.4 is 25.6 Å². The third kappa shape index (κ3) is 5.53. The third-order valence-electron chi connectivity index (χ3n) is 5.08. The molecule has 1 unspecified atom stereocenters. The number of rotatable bonds is 7. The van der Waals surface area contributed by atoms with Gasteiger partial charge in [-0.05, 0) is 35.4 Å². The quantitative estimate of drug-likeness (QED) is 0.388. The van der Waals surface area contributed by atoms with Gasteiger partial charge in [-0.15, -0.1) is 0 Å². The summed E-state index contributed by atoms with van der Waals surface area (Å²) < 4.78 is 24.1. The fourth-order valence-electron chi connectivity index (χ4n) is 3.47. The average Bonchev–Trinajstić information content (AvgIpc) is 2.96. The molecule has 0 aliphatic carbocycles. The maximum atomic E-state index is 10.9. The Hall–Kier alpha value is -2.76. The van der Waals surface area contributed by atoms with Crippen LogP contribution in [-0.4, -0.2) is 38.9 Å². The molecule has 0 saturated heterocycles. The summed E-state index contributed by atoms with van der Waals surface area (Å²) in [5.74, 6) is 0.805. The topological polar surface area (TPSA) is 117 Å². The van der Waals surface area contributed by atoms with E-state index in [1.807, 2.05) is 30.3 Å². The number of anilines is 5. The molecular weight excluding hydrogens is 450 g/mol. The minimum Gasteiger partial charge on any atom is -0.760 e. The minimum absolute atomic E-state index is 0.144. The number of fused-ring (bicyclic) bond motifs is 1. The normalized spacial score (nSPS) is 14.4. The number of nitrogens with one attached hydrogen (secondary N) is 4. The zero-order chi connectivity index (χ0) is 22.5. The number of hydrogen-bond acceptors (Lipinski definition) is 8. The van der Waals surface area contributed by atoms with Gasteiger partial charge in [0.1, 0.15) is 5.02 Å². The van der Waals surface area contributed by atoms with Gasteiger partial charge < -0.3 is 25.4 Å². The van der Waals surface area contributed by atoms with Crippen LogP contribution >= 0.6 is 11.6 Å². The lowest BCUT2D eigenvalue weighted by Crippen LogP contribution is -2.24. The first kappa shape index (κ1) is 22.4. The van der Waals surface area contributed by atoms with Gasteiger partial charge in [0.15, 0.2) is 5.82 Å². The second-order valence-corrected chi connectivity index (χ2v) is 8.46. The van der Waals surface area contributed by atoms with Crippen molar-refractivity contribution in [3.05, 3.63) is 64.8 Å². The molecule has 0 amide bonds. The van der Waals surface area contributed by atoms with Crippen molar-refractivity contribution in [1.82, 2.24) is 20.0 Å². The highest BCUT2D eigenvalue weighted by Gasteiger charge is 2.13. The molecule has 1 aromatic heterocycles. The summed E-state index contributed by atoms with van der Waals surface area (Å²) in [5.41, 5.74) is 4.71. The van der Waals surface area contributed by atoms with Gasteiger partial charge in [0, 0.05) is 61.6 Å². The first-order valence-electron chi connectivity index (χ1n) is 10.0. The van der Waals surface area contributed by atoms with Gasteiger partial charge in [-0.1, -0.05) is 29.8 Å². The van der Waals surface area contributed by atoms with Gasteiger partial charge in [0.05, 0.1) is 6.20 Å². The van der Waals surface area contributed by atoms with E-state index in [0.717, 1.165) is 30.9 Å². The van der Waals surface area contributed by atoms with Gasteiger partial charge in [-0.2, -0.15) is 4.98 Å². The SMILES string of the molecule is CN1CCNCc2cc(Nc3ncc(Cl)c(Nc4ccccc4CNS(=O)[O-])n3)ccc21. The van der Waals surface area contributed by atoms with E-state index in [4.69, 9.17) is 11.6 Å². The number of aromatic nitrogens is 2. The zero-order valence-corrected chi connectivity index (χ0v) is 19.0. The molecule has 2 aromatic carbocycles. The van der Waals surface area contributed by atoms with Gasteiger partial charge >= 0.3 is 0 Å². The molecule has 0 radical (unpaired) electrons. The van der Waals surface area contributed by atoms with Crippen molar-refractivity contribution in [2.75, 3.05) is 35.7 Å². The van der Waals surface area contributed by atoms with E-state index in [2.05, 4.69) is 54.7 Å². The van der Waals surface area contributed by atoms with Crippen LogP contribution in [0.4, 0.5) is 28.8 Å². The summed E-state index contributed by atoms with van der Waals surface area (Å²) in [7, 11) is 2.08. The van der Waals surface area contributed by atoms with Crippen LogP contribution in [0.1, 0.15) is 11.1 Å². The first-order valence-corrected chi connectivity index (χ1v) is 11.5. The number of nitrogens with zero attached hydrogens (tertiary/aromatic N) is 3. The van der Waals surface area contributed by atoms with E-state index < -0.39 is 11.3 Å². The largest absolute Gasteiger partial charge is 0.760 e. The van der Waals surface area contributed by atoms with Crippen LogP contribution in [0.3, 0.4) is 0 Å². The van der Waals surface area contributed by atoms with Crippen molar-refractivity contribution < 1.29 is 8.76 Å². The van der Waals surface area contributed by atoms with E-state index in [1.54, 1.807) is 0 Å². The minimum atomic E-state index is -2.35. The molecule has 1 atom stereocenters. The lowest BCUT2D eigenvalue weighted by Gasteiger charge is -2.19. The molecule has 168 valence electrons. The third-order valence-corrected chi connectivity index (χ3v) is 5.74. The molecule has 4 N–H and O–H groups in total. The summed E-state index contributed by atoms with van der Waals surface area (Å²) in [6.45, 7) is 2.83. The summed E-state index contributed by atoms with van der Waals surface area (Å²) in [4.78, 5) is 11.0. The van der Waals surface area contributed by atoms with E-state index >= 15 is 0 Å². The Kier molecular flexibility index (Phi) is 7.18. The molecule has 1 aliphatic heterocycles. The predicted octanol–water partition coefficient (Wildman–Crippen LogP) is 3.04. The highest BCUT2D eigenvalue weighted by molar-refractivity contribution is 7.77. The number of para-hydroxylation sites is 1. The molecule has 2 heterocycles. The first-order chi connectivity index (χ1) is 15.5. The van der Waals surface area contributed by atoms with Gasteiger partial charge in [-0.25, -0.2) is 9.71 Å². The van der Waals surface area contributed by atoms with E-state index in [-0.39, 0.29) is 6.54 Å². The summed E-state index contributed by atoms with van der Waals surface area (Å²) >= 11 is 3.96. The second-order valence-electron chi connectivity index (χ2n) is 7.29. The van der Waals surface area contributed by atoms with E-state index in [0.29, 0.717) is 22.5 Å². The Morgan fingerprint density at radius 3 is 2.94 bits per heavy atom. The molecule has 11 heteroatoms. The molecule has 1 aliphatic rings. The molecule has 0 bridgehead atoms. The Bertz CT molecular complexity index is 1130. The van der Waals surface area contributed by atoms with Crippen LogP contribution in [0.5, 0.6) is 0 Å². The molecule has 9 nitrogen and oxygen atoms in total. The van der Waals surface area contributed by atoms with Gasteiger partial charge in [-0.3, -0.25) is 4.21 Å². The van der Waals surface area contributed by atoms with E-state index in [9.17, 15) is 8.76 Å². The molecule has 3 aromatic rings. The number of halogens is 1. The predicted molar refractivity (Wildman–Crippen MR) is 127 cm³/mol. The summed E-state index contributed by atoms with van der Waals surface area (Å²) in [6.07, 6.45) is 1.52. The van der Waals surface area contributed by atoms with Crippen LogP contribution in [0.15, 0.2) is 48.7 Å². The van der Waals surface area contributed by atoms with Crippen LogP contribution in [0, 0.1) is 0 Å². The van der Waals surface area contributed by atoms with Crippen LogP contribution in [0.2, 0.25) is 5.02 Å². The highest BCUT2D eigenvalue weighted by atomic mass is 35.5. The van der Waals surface area contributed by atoms with Gasteiger partial charge in [0.25, 0.3) is 0 Å². The summed E-state index contributed by atoms with van der Waals surface area (Å²) in [5, 5.41) is 10.2. The monoisotopic (exact) mass is 472 g/mol. The molecule has 4 rings (SSSR count). The van der Waals surface area contributed by atoms with Crippen molar-refractivity contribution in [1.29, 1.82) is 0 Å². The van der Waals surface area contributed by atoms with Crippen LogP contribution in [-0.2, 0) is 24.4 Å². The maximum Gasteiger partial charge on any atom is 0.229 e. The Labute approximate surface area is 194 Å². The zero-order valence-electron chi connectivity index (χ0n) is 17.4. The standard InChI is InChI=1S/C21H24ClN7O2S/c1-29-9-8-23-11-15-10-16(6-7-19(15)29)26-21-24-13-17(22)20(28-21)27-18-5-3-2-4-14(18)12-25-32(30)31/h2-7,10,13,23,25H,8-9,11-12H2,1H3,(H,30,31)(H2,24,26,27,28)/p-1. The highest BCUT2D eigenvalue weighted by Crippen LogP contribution is 2.29. The lowest BCUT2D eigenvalue weighted by molar-refractivity contribution is 0.522. The number of hydrogen-bond donors (Lipinski definition) is 4. The number of benzene rings is 2. The van der Waals surface area contributed by atoms with Crippen molar-refractivity contribution in [3.8, 4) is 0 Å².